The highest BCUT2D eigenvalue weighted by molar-refractivity contribution is 5.96. The van der Waals surface area contributed by atoms with Crippen molar-refractivity contribution in [2.45, 2.75) is 78.6 Å². The summed E-state index contributed by atoms with van der Waals surface area (Å²) in [4.78, 5) is 37.5. The van der Waals surface area contributed by atoms with Crippen LogP contribution in [0.1, 0.15) is 53.5 Å². The lowest BCUT2D eigenvalue weighted by atomic mass is 9.50. The third kappa shape index (κ3) is 6.46. The van der Waals surface area contributed by atoms with Crippen LogP contribution >= 0.6 is 0 Å². The largest absolute Gasteiger partial charge is 0.444 e. The van der Waals surface area contributed by atoms with Crippen molar-refractivity contribution in [3.8, 4) is 0 Å². The van der Waals surface area contributed by atoms with Crippen molar-refractivity contribution in [1.29, 1.82) is 0 Å². The lowest BCUT2D eigenvalue weighted by Gasteiger charge is -2.55. The Kier molecular flexibility index (Phi) is 7.95. The van der Waals surface area contributed by atoms with Crippen LogP contribution in [0.5, 0.6) is 0 Å². The number of ether oxygens (including phenoxy) is 1. The number of guanidine groups is 1. The van der Waals surface area contributed by atoms with E-state index in [-0.39, 0.29) is 28.9 Å². The Morgan fingerprint density at radius 1 is 1.16 bits per heavy atom. The number of fused-ring (bicyclic) bond motifs is 3. The number of amides is 1. The molecule has 1 saturated heterocycles. The highest BCUT2D eigenvalue weighted by Gasteiger charge is 2.51. The number of alkyl carbamates (subject to hydrolysis) is 1. The molecule has 1 amide bonds. The number of aryl methyl sites for hydroxylation is 2. The summed E-state index contributed by atoms with van der Waals surface area (Å²) in [5.41, 5.74) is 3.34. The normalized spacial score (nSPS) is 22.7. The first kappa shape index (κ1) is 30.8. The van der Waals surface area contributed by atoms with Crippen molar-refractivity contribution >= 4 is 28.6 Å². The van der Waals surface area contributed by atoms with Gasteiger partial charge in [0.2, 0.25) is 0 Å². The summed E-state index contributed by atoms with van der Waals surface area (Å²) < 4.78 is 20.3. The highest BCUT2D eigenvalue weighted by atomic mass is 19.1. The minimum absolute atomic E-state index is 0.0482. The number of carbonyl (C=O) groups excluding carboxylic acids is 1. The summed E-state index contributed by atoms with van der Waals surface area (Å²) in [6.45, 7) is 14.1. The van der Waals surface area contributed by atoms with Crippen LogP contribution in [0.25, 0.3) is 10.9 Å². The van der Waals surface area contributed by atoms with Crippen molar-refractivity contribution in [2.24, 2.45) is 22.2 Å². The van der Waals surface area contributed by atoms with Gasteiger partial charge in [0.05, 0.1) is 29.3 Å². The van der Waals surface area contributed by atoms with Crippen LogP contribution in [0.4, 0.5) is 14.9 Å². The zero-order valence-electron chi connectivity index (χ0n) is 26.9. The average molecular weight is 615 g/mol. The van der Waals surface area contributed by atoms with E-state index in [0.29, 0.717) is 48.8 Å². The number of hydrogen-bond donors (Lipinski definition) is 2. The molecule has 2 N–H and O–H groups in total. The van der Waals surface area contributed by atoms with E-state index in [2.05, 4.69) is 47.4 Å². The van der Waals surface area contributed by atoms with Crippen LogP contribution in [0.3, 0.4) is 0 Å². The molecule has 3 aromatic rings. The van der Waals surface area contributed by atoms with Gasteiger partial charge in [-0.05, 0) is 86.8 Å². The Labute approximate surface area is 263 Å². The van der Waals surface area contributed by atoms with Crippen molar-refractivity contribution < 1.29 is 13.9 Å². The first-order valence-corrected chi connectivity index (χ1v) is 15.8. The van der Waals surface area contributed by atoms with Gasteiger partial charge in [0.25, 0.3) is 5.56 Å². The first-order chi connectivity index (χ1) is 21.3. The summed E-state index contributed by atoms with van der Waals surface area (Å²) in [5, 5.41) is 7.00. The van der Waals surface area contributed by atoms with Gasteiger partial charge in [0.1, 0.15) is 11.4 Å². The molecule has 1 aliphatic heterocycles. The lowest BCUT2D eigenvalue weighted by Crippen LogP contribution is -2.63. The molecule has 45 heavy (non-hydrogen) atoms. The average Bonchev–Trinajstić information content (AvgIpc) is 2.94. The summed E-state index contributed by atoms with van der Waals surface area (Å²) in [7, 11) is 0. The Morgan fingerprint density at radius 2 is 1.89 bits per heavy atom. The van der Waals surface area contributed by atoms with Crippen LogP contribution in [0.15, 0.2) is 70.2 Å². The number of carbonyl (C=O) groups is 1. The molecule has 3 atom stereocenters. The van der Waals surface area contributed by atoms with Gasteiger partial charge in [-0.3, -0.25) is 9.36 Å². The number of nitrogens with one attached hydrogen (secondary N) is 2. The van der Waals surface area contributed by atoms with Gasteiger partial charge in [-0.1, -0.05) is 44.6 Å². The highest BCUT2D eigenvalue weighted by Crippen LogP contribution is 2.58. The second kappa shape index (κ2) is 11.6. The van der Waals surface area contributed by atoms with Crippen molar-refractivity contribution in [2.75, 3.05) is 18.4 Å². The molecule has 1 saturated carbocycles. The van der Waals surface area contributed by atoms with E-state index < -0.39 is 11.7 Å². The van der Waals surface area contributed by atoms with Gasteiger partial charge >= 0.3 is 6.09 Å². The van der Waals surface area contributed by atoms with E-state index in [1.165, 1.54) is 17.7 Å². The molecular weight excluding hydrogens is 571 g/mol. The zero-order valence-corrected chi connectivity index (χ0v) is 26.9. The predicted octanol–water partition coefficient (Wildman–Crippen LogP) is 5.75. The number of aliphatic imine (C=N–C) groups is 1. The molecule has 4 aliphatic rings. The molecular formula is C35H43FN6O3. The number of allylic oxidation sites excluding steroid dienone is 1. The molecule has 10 heteroatoms. The fourth-order valence-electron chi connectivity index (χ4n) is 6.72. The molecule has 7 rings (SSSR count). The molecule has 3 aliphatic carbocycles. The number of hydrogen-bond acceptors (Lipinski definition) is 5. The summed E-state index contributed by atoms with van der Waals surface area (Å²) in [5.74, 6) is 1.45. The maximum atomic E-state index is 13.3. The predicted molar refractivity (Wildman–Crippen MR) is 175 cm³/mol. The van der Waals surface area contributed by atoms with Gasteiger partial charge in [-0.15, -0.1) is 0 Å². The summed E-state index contributed by atoms with van der Waals surface area (Å²) in [6, 6.07) is 11.9. The summed E-state index contributed by atoms with van der Waals surface area (Å²) in [6.07, 6.45) is 5.22. The maximum Gasteiger partial charge on any atom is 0.407 e. The molecule has 2 fully saturated rings. The number of aromatic nitrogens is 2. The van der Waals surface area contributed by atoms with E-state index in [9.17, 15) is 14.0 Å². The van der Waals surface area contributed by atoms with Gasteiger partial charge in [-0.2, -0.15) is 0 Å². The third-order valence-corrected chi connectivity index (χ3v) is 9.55. The Bertz CT molecular complexity index is 1720. The Morgan fingerprint density at radius 3 is 2.56 bits per heavy atom. The van der Waals surface area contributed by atoms with Crippen molar-refractivity contribution in [3.05, 3.63) is 82.2 Å². The second-order valence-electron chi connectivity index (χ2n) is 14.3. The molecule has 0 spiro atoms. The number of halogens is 1. The van der Waals surface area contributed by atoms with Gasteiger partial charge in [0.15, 0.2) is 5.96 Å². The van der Waals surface area contributed by atoms with Crippen LogP contribution in [-0.4, -0.2) is 57.3 Å². The second-order valence-corrected chi connectivity index (χ2v) is 14.3. The van der Waals surface area contributed by atoms with Crippen LogP contribution in [-0.2, 0) is 17.7 Å². The van der Waals surface area contributed by atoms with Crippen molar-refractivity contribution in [3.63, 3.8) is 0 Å². The number of rotatable bonds is 6. The van der Waals surface area contributed by atoms with Crippen LogP contribution in [0.2, 0.25) is 0 Å². The Balaban J connectivity index is 1.20. The fourth-order valence-corrected chi connectivity index (χ4v) is 6.72. The smallest absolute Gasteiger partial charge is 0.407 e. The first-order valence-electron chi connectivity index (χ1n) is 15.8. The van der Waals surface area contributed by atoms with E-state index in [1.807, 2.05) is 32.9 Å². The minimum atomic E-state index is -0.559. The van der Waals surface area contributed by atoms with Gasteiger partial charge in [-0.25, -0.2) is 19.2 Å². The molecule has 1 unspecified atom stereocenters. The summed E-state index contributed by atoms with van der Waals surface area (Å²) >= 11 is 0. The van der Waals surface area contributed by atoms with Crippen molar-refractivity contribution in [1.82, 2.24) is 19.8 Å². The molecule has 9 nitrogen and oxygen atoms in total. The lowest BCUT2D eigenvalue weighted by molar-refractivity contribution is 0.0453. The van der Waals surface area contributed by atoms with Gasteiger partial charge < -0.3 is 20.3 Å². The molecule has 0 radical (unpaired) electrons. The number of anilines is 1. The van der Waals surface area contributed by atoms with E-state index in [4.69, 9.17) is 9.73 Å². The molecule has 2 aromatic carbocycles. The fraction of sp³-hybridized carbons (Fsp3) is 0.486. The van der Waals surface area contributed by atoms with Crippen LogP contribution < -0.4 is 16.2 Å². The zero-order chi connectivity index (χ0) is 32.1. The SMILES string of the molecule is C[C@@H]1C(N=C(Nc2ccc3c(=O)n(CCc4ccc(F)cc4)cnc3c2)N2CC(NC(=O)OC(C)(C)C)C2)C=C2C[C@@H]1C2(C)C. The molecule has 2 bridgehead atoms. The minimum Gasteiger partial charge on any atom is -0.444 e. The van der Waals surface area contributed by atoms with E-state index >= 15 is 0 Å². The van der Waals surface area contributed by atoms with Crippen LogP contribution in [0, 0.1) is 23.1 Å². The Hall–Kier alpha value is -4.21. The molecule has 2 heterocycles. The van der Waals surface area contributed by atoms with Gasteiger partial charge in [0, 0.05) is 25.3 Å². The molecule has 1 aromatic heterocycles. The number of benzene rings is 2. The quantitative estimate of drug-likeness (QED) is 0.209. The maximum absolute atomic E-state index is 13.3. The number of nitrogens with zero attached hydrogens (tertiary/aromatic N) is 4. The van der Waals surface area contributed by atoms with E-state index in [0.717, 1.165) is 23.6 Å². The topological polar surface area (TPSA) is 101 Å². The molecule has 238 valence electrons. The number of likely N-dealkylation sites (tertiary alicyclic amines) is 1. The standard InChI is InChI=1S/C35H43FN6O3/c1-21-28-15-23(35(28,5)6)16-29(21)40-32(42-18-26(19-42)39-33(44)45-34(2,3)4)38-25-11-12-27-30(17-25)37-20-41(31(27)43)14-13-22-7-9-24(36)10-8-22/h7-12,16-17,20-21,26,28-29H,13-15,18-19H2,1-6H3,(H,38,40)(H,39,44)/t21-,28-,29?/m0/s1. The van der Waals surface area contributed by atoms with E-state index in [1.54, 1.807) is 29.1 Å². The monoisotopic (exact) mass is 614 g/mol. The third-order valence-electron chi connectivity index (χ3n) is 9.55.